The lowest BCUT2D eigenvalue weighted by atomic mass is 10.0. The summed E-state index contributed by atoms with van der Waals surface area (Å²) in [6.07, 6.45) is -2.12. The number of hydrazine groups is 1. The third-order valence-electron chi connectivity index (χ3n) is 5.11. The molecule has 4 rings (SSSR count). The zero-order chi connectivity index (χ0) is 21.7. The predicted octanol–water partition coefficient (Wildman–Crippen LogP) is 3.15. The fourth-order valence-corrected chi connectivity index (χ4v) is 3.46. The average Bonchev–Trinajstić information content (AvgIpc) is 3.29. The number of pyridine rings is 1. The monoisotopic (exact) mass is 417 g/mol. The molecule has 30 heavy (non-hydrogen) atoms. The largest absolute Gasteiger partial charge is 0.442 e. The van der Waals surface area contributed by atoms with Crippen molar-refractivity contribution in [3.8, 4) is 11.3 Å². The summed E-state index contributed by atoms with van der Waals surface area (Å²) in [5.74, 6) is -1.04. The van der Waals surface area contributed by atoms with Crippen LogP contribution in [0.15, 0.2) is 48.8 Å². The summed E-state index contributed by atoms with van der Waals surface area (Å²) in [5, 5.41) is 15.0. The first-order chi connectivity index (χ1) is 14.2. The van der Waals surface area contributed by atoms with Gasteiger partial charge in [0.2, 0.25) is 0 Å². The highest BCUT2D eigenvalue weighted by molar-refractivity contribution is 6.07. The molecule has 1 aliphatic heterocycles. The van der Waals surface area contributed by atoms with E-state index in [1.54, 1.807) is 35.1 Å². The lowest BCUT2D eigenvalue weighted by Crippen LogP contribution is -2.60. The van der Waals surface area contributed by atoms with Gasteiger partial charge in [0, 0.05) is 29.4 Å². The predicted molar refractivity (Wildman–Crippen MR) is 103 cm³/mol. The number of carbonyl (C=O) groups is 1. The van der Waals surface area contributed by atoms with Crippen molar-refractivity contribution in [3.05, 3.63) is 60.1 Å². The molecule has 1 aromatic carbocycles. The molecule has 1 atom stereocenters. The van der Waals surface area contributed by atoms with Crippen LogP contribution in [-0.2, 0) is 6.54 Å². The molecule has 3 heterocycles. The van der Waals surface area contributed by atoms with Gasteiger partial charge in [0.1, 0.15) is 0 Å². The number of aliphatic hydroxyl groups is 1. The number of nitrogens with zero attached hydrogens (tertiary/aromatic N) is 4. The van der Waals surface area contributed by atoms with Crippen molar-refractivity contribution in [2.45, 2.75) is 32.3 Å². The lowest BCUT2D eigenvalue weighted by molar-refractivity contribution is -0.283. The third kappa shape index (κ3) is 2.91. The molecule has 3 aromatic rings. The molecule has 0 saturated carbocycles. The van der Waals surface area contributed by atoms with Crippen molar-refractivity contribution in [1.82, 2.24) is 25.2 Å². The van der Waals surface area contributed by atoms with Crippen LogP contribution in [0.2, 0.25) is 0 Å². The number of para-hydroxylation sites is 1. The van der Waals surface area contributed by atoms with Gasteiger partial charge in [-0.2, -0.15) is 18.3 Å². The van der Waals surface area contributed by atoms with E-state index in [9.17, 15) is 23.1 Å². The molecule has 2 aromatic heterocycles. The summed E-state index contributed by atoms with van der Waals surface area (Å²) in [4.78, 5) is 17.7. The molecule has 0 radical (unpaired) electrons. The Kier molecular flexibility index (Phi) is 4.53. The minimum Gasteiger partial charge on any atom is -0.359 e. The molecule has 0 aliphatic carbocycles. The van der Waals surface area contributed by atoms with Crippen molar-refractivity contribution in [3.63, 3.8) is 0 Å². The zero-order valence-corrected chi connectivity index (χ0v) is 16.1. The van der Waals surface area contributed by atoms with E-state index in [0.717, 1.165) is 11.9 Å². The molecule has 156 valence electrons. The lowest BCUT2D eigenvalue weighted by Gasteiger charge is -2.33. The maximum Gasteiger partial charge on any atom is 0.442 e. The van der Waals surface area contributed by atoms with Crippen LogP contribution < -0.4 is 5.43 Å². The standard InChI is InChI=1S/C20H18F3N5O2/c1-3-27-12(2)15(11-25-27)17-10-14(13-6-4-5-7-16(13)26-17)18(29)28-19(30,8-9-24-28)20(21,22)23/h4-11,24,30H,3H2,1-2H3/t19-/m1/s1. The molecule has 0 unspecified atom stereocenters. The molecule has 0 bridgehead atoms. The number of aromatic nitrogens is 3. The van der Waals surface area contributed by atoms with Crippen LogP contribution in [0.1, 0.15) is 23.0 Å². The Bertz CT molecular complexity index is 1170. The highest BCUT2D eigenvalue weighted by Crippen LogP contribution is 2.37. The summed E-state index contributed by atoms with van der Waals surface area (Å²) in [6.45, 7) is 4.41. The number of rotatable bonds is 3. The van der Waals surface area contributed by atoms with Crippen LogP contribution >= 0.6 is 0 Å². The first-order valence-corrected chi connectivity index (χ1v) is 9.17. The molecule has 0 spiro atoms. The molecular weight excluding hydrogens is 399 g/mol. The summed E-state index contributed by atoms with van der Waals surface area (Å²) in [7, 11) is 0. The fraction of sp³-hybridized carbons (Fsp3) is 0.250. The van der Waals surface area contributed by atoms with E-state index in [4.69, 9.17) is 0 Å². The van der Waals surface area contributed by atoms with Gasteiger partial charge in [-0.3, -0.25) is 14.9 Å². The number of fused-ring (bicyclic) bond motifs is 1. The first kappa shape index (κ1) is 19.9. The van der Waals surface area contributed by atoms with Crippen LogP contribution in [0.3, 0.4) is 0 Å². The topological polar surface area (TPSA) is 83.3 Å². The highest BCUT2D eigenvalue weighted by Gasteiger charge is 2.60. The van der Waals surface area contributed by atoms with Crippen molar-refractivity contribution in [2.75, 3.05) is 0 Å². The van der Waals surface area contributed by atoms with Crippen LogP contribution in [0.4, 0.5) is 13.2 Å². The van der Waals surface area contributed by atoms with E-state index < -0.39 is 17.8 Å². The van der Waals surface area contributed by atoms with Crippen LogP contribution in [0.25, 0.3) is 22.2 Å². The number of nitrogens with one attached hydrogen (secondary N) is 1. The molecule has 0 fully saturated rings. The maximum absolute atomic E-state index is 13.5. The average molecular weight is 417 g/mol. The van der Waals surface area contributed by atoms with Gasteiger partial charge in [0.05, 0.1) is 23.0 Å². The number of hydrogen-bond acceptors (Lipinski definition) is 5. The second kappa shape index (κ2) is 6.84. The van der Waals surface area contributed by atoms with Crippen molar-refractivity contribution >= 4 is 16.8 Å². The van der Waals surface area contributed by atoms with Crippen molar-refractivity contribution in [2.24, 2.45) is 0 Å². The van der Waals surface area contributed by atoms with Gasteiger partial charge in [0.25, 0.3) is 11.6 Å². The second-order valence-electron chi connectivity index (χ2n) is 6.86. The van der Waals surface area contributed by atoms with Gasteiger partial charge in [-0.15, -0.1) is 0 Å². The Labute approximate surface area is 169 Å². The molecule has 10 heteroatoms. The van der Waals surface area contributed by atoms with Gasteiger partial charge < -0.3 is 5.11 Å². The smallest absolute Gasteiger partial charge is 0.359 e. The number of carbonyl (C=O) groups excluding carboxylic acids is 1. The first-order valence-electron chi connectivity index (χ1n) is 9.17. The van der Waals surface area contributed by atoms with Crippen molar-refractivity contribution in [1.29, 1.82) is 0 Å². The quantitative estimate of drug-likeness (QED) is 0.684. The van der Waals surface area contributed by atoms with E-state index in [2.05, 4.69) is 15.5 Å². The Balaban J connectivity index is 1.88. The van der Waals surface area contributed by atoms with E-state index in [1.807, 2.05) is 13.8 Å². The van der Waals surface area contributed by atoms with Crippen LogP contribution in [-0.4, -0.2) is 42.7 Å². The number of halogens is 3. The van der Waals surface area contributed by atoms with Gasteiger partial charge in [-0.25, -0.2) is 9.99 Å². The molecule has 1 aliphatic rings. The van der Waals surface area contributed by atoms with E-state index >= 15 is 0 Å². The SMILES string of the molecule is CCn1ncc(-c2cc(C(=O)N3NC=C[C@@]3(O)C(F)(F)F)c3ccccc3n2)c1C. The zero-order valence-electron chi connectivity index (χ0n) is 16.1. The number of amides is 1. The Morgan fingerprint density at radius 1 is 1.30 bits per heavy atom. The van der Waals surface area contributed by atoms with Crippen LogP contribution in [0.5, 0.6) is 0 Å². The Morgan fingerprint density at radius 3 is 2.70 bits per heavy atom. The maximum atomic E-state index is 13.5. The number of benzene rings is 1. The van der Waals surface area contributed by atoms with E-state index in [1.165, 1.54) is 6.07 Å². The van der Waals surface area contributed by atoms with Crippen molar-refractivity contribution < 1.29 is 23.1 Å². The Morgan fingerprint density at radius 2 is 2.03 bits per heavy atom. The second-order valence-corrected chi connectivity index (χ2v) is 6.86. The summed E-state index contributed by atoms with van der Waals surface area (Å²) >= 11 is 0. The summed E-state index contributed by atoms with van der Waals surface area (Å²) < 4.78 is 42.1. The highest BCUT2D eigenvalue weighted by atomic mass is 19.4. The molecule has 1 amide bonds. The molecular formula is C20H18F3N5O2. The van der Waals surface area contributed by atoms with Gasteiger partial charge in [-0.1, -0.05) is 18.2 Å². The van der Waals surface area contributed by atoms with Crippen LogP contribution in [0, 0.1) is 6.92 Å². The normalized spacial score (nSPS) is 18.8. The summed E-state index contributed by atoms with van der Waals surface area (Å²) in [6, 6.07) is 8.06. The van der Waals surface area contributed by atoms with Gasteiger partial charge in [-0.05, 0) is 32.1 Å². The minimum absolute atomic E-state index is 0.0295. The molecule has 7 nitrogen and oxygen atoms in total. The molecule has 0 saturated heterocycles. The number of alkyl halides is 3. The minimum atomic E-state index is -5.09. The fourth-order valence-electron chi connectivity index (χ4n) is 3.46. The van der Waals surface area contributed by atoms with Gasteiger partial charge in [0.15, 0.2) is 0 Å². The third-order valence-corrected chi connectivity index (χ3v) is 5.11. The Hall–Kier alpha value is -3.40. The van der Waals surface area contributed by atoms with Gasteiger partial charge >= 0.3 is 6.18 Å². The number of aryl methyl sites for hydroxylation is 1. The number of hydrogen-bond donors (Lipinski definition) is 2. The molecule has 2 N–H and O–H groups in total. The van der Waals surface area contributed by atoms with E-state index in [0.29, 0.717) is 34.8 Å². The summed E-state index contributed by atoms with van der Waals surface area (Å²) in [5.41, 5.74) is 1.02. The van der Waals surface area contributed by atoms with E-state index in [-0.39, 0.29) is 10.6 Å².